The fourth-order valence-corrected chi connectivity index (χ4v) is 1.86. The summed E-state index contributed by atoms with van der Waals surface area (Å²) in [5.41, 5.74) is -0.0503. The molecule has 0 bridgehead atoms. The minimum Gasteiger partial charge on any atom is -0.477 e. The van der Waals surface area contributed by atoms with Gasteiger partial charge < -0.3 is 14.8 Å². The van der Waals surface area contributed by atoms with Crippen molar-refractivity contribution in [2.45, 2.75) is 25.8 Å². The zero-order valence-electron chi connectivity index (χ0n) is 11.6. The molecular formula is C15H16N2O4. The van der Waals surface area contributed by atoms with E-state index in [2.05, 4.69) is 10.3 Å². The van der Waals surface area contributed by atoms with E-state index in [0.717, 1.165) is 18.6 Å². The molecule has 2 aromatic heterocycles. The van der Waals surface area contributed by atoms with E-state index in [1.807, 2.05) is 19.1 Å². The Morgan fingerprint density at radius 2 is 2.05 bits per heavy atom. The third kappa shape index (κ3) is 4.17. The quantitative estimate of drug-likeness (QED) is 0.849. The Kier molecular flexibility index (Phi) is 4.71. The number of carboxylic acids is 1. The Hall–Kier alpha value is -2.63. The third-order valence-corrected chi connectivity index (χ3v) is 2.98. The van der Waals surface area contributed by atoms with Gasteiger partial charge in [0.25, 0.3) is 5.91 Å². The van der Waals surface area contributed by atoms with Crippen LogP contribution in [-0.4, -0.2) is 28.0 Å². The van der Waals surface area contributed by atoms with Crippen LogP contribution in [0.5, 0.6) is 0 Å². The number of carbonyl (C=O) groups excluding carboxylic acids is 1. The average molecular weight is 288 g/mol. The number of hydrogen-bond donors (Lipinski definition) is 2. The molecule has 1 amide bonds. The first kappa shape index (κ1) is 14.8. The molecule has 0 spiro atoms. The summed E-state index contributed by atoms with van der Waals surface area (Å²) in [4.78, 5) is 26.6. The van der Waals surface area contributed by atoms with Crippen molar-refractivity contribution in [3.8, 4) is 0 Å². The van der Waals surface area contributed by atoms with Gasteiger partial charge in [-0.1, -0.05) is 6.07 Å². The molecule has 2 aromatic rings. The molecule has 2 rings (SSSR count). The Balaban J connectivity index is 1.91. The first-order chi connectivity index (χ1) is 10.1. The molecule has 0 aromatic carbocycles. The second-order valence-corrected chi connectivity index (χ2v) is 4.71. The third-order valence-electron chi connectivity index (χ3n) is 2.98. The number of aromatic carboxylic acids is 1. The van der Waals surface area contributed by atoms with Crippen LogP contribution in [-0.2, 0) is 6.42 Å². The number of aromatic nitrogens is 1. The number of aryl methyl sites for hydroxylation is 1. The lowest BCUT2D eigenvalue weighted by Crippen LogP contribution is -2.33. The van der Waals surface area contributed by atoms with Crippen molar-refractivity contribution in [3.63, 3.8) is 0 Å². The molecule has 0 aliphatic carbocycles. The number of nitrogens with one attached hydrogen (secondary N) is 1. The second-order valence-electron chi connectivity index (χ2n) is 4.71. The summed E-state index contributed by atoms with van der Waals surface area (Å²) >= 11 is 0. The van der Waals surface area contributed by atoms with Crippen LogP contribution in [0.4, 0.5) is 0 Å². The van der Waals surface area contributed by atoms with Gasteiger partial charge in [0.1, 0.15) is 17.1 Å². The fraction of sp³-hybridized carbons (Fsp3) is 0.267. The summed E-state index contributed by atoms with van der Waals surface area (Å²) in [6.45, 7) is 1.88. The summed E-state index contributed by atoms with van der Waals surface area (Å²) in [6, 6.07) is 7.96. The first-order valence-electron chi connectivity index (χ1n) is 6.60. The van der Waals surface area contributed by atoms with E-state index < -0.39 is 5.97 Å². The largest absolute Gasteiger partial charge is 0.477 e. The average Bonchev–Trinajstić information content (AvgIpc) is 2.98. The molecule has 2 N–H and O–H groups in total. The minimum absolute atomic E-state index is 0.0714. The maximum Gasteiger partial charge on any atom is 0.354 e. The smallest absolute Gasteiger partial charge is 0.354 e. The van der Waals surface area contributed by atoms with Crippen molar-refractivity contribution in [2.75, 3.05) is 0 Å². The molecule has 0 aliphatic rings. The number of carboxylic acid groups (broad SMARTS) is 1. The minimum atomic E-state index is -1.16. The predicted octanol–water partition coefficient (Wildman–Crippen LogP) is 2.12. The number of amides is 1. The highest BCUT2D eigenvalue weighted by Crippen LogP contribution is 2.06. The van der Waals surface area contributed by atoms with Gasteiger partial charge in [0, 0.05) is 12.5 Å². The molecular weight excluding hydrogens is 272 g/mol. The van der Waals surface area contributed by atoms with Crippen LogP contribution in [0.15, 0.2) is 41.0 Å². The summed E-state index contributed by atoms with van der Waals surface area (Å²) in [5, 5.41) is 11.6. The van der Waals surface area contributed by atoms with Crippen molar-refractivity contribution in [3.05, 3.63) is 53.7 Å². The summed E-state index contributed by atoms with van der Waals surface area (Å²) in [6.07, 6.45) is 3.05. The van der Waals surface area contributed by atoms with Crippen LogP contribution in [0, 0.1) is 0 Å². The number of nitrogens with zero attached hydrogens (tertiary/aromatic N) is 1. The van der Waals surface area contributed by atoms with Crippen molar-refractivity contribution in [2.24, 2.45) is 0 Å². The van der Waals surface area contributed by atoms with Gasteiger partial charge >= 0.3 is 5.97 Å². The molecule has 0 aliphatic heterocycles. The van der Waals surface area contributed by atoms with Gasteiger partial charge in [0.2, 0.25) is 0 Å². The van der Waals surface area contributed by atoms with E-state index in [4.69, 9.17) is 9.52 Å². The lowest BCUT2D eigenvalue weighted by atomic mass is 10.1. The summed E-state index contributed by atoms with van der Waals surface area (Å²) < 4.78 is 5.23. The second kappa shape index (κ2) is 6.69. The van der Waals surface area contributed by atoms with E-state index in [-0.39, 0.29) is 23.3 Å². The van der Waals surface area contributed by atoms with Gasteiger partial charge in [0.15, 0.2) is 0 Å². The van der Waals surface area contributed by atoms with Crippen LogP contribution in [0.25, 0.3) is 0 Å². The van der Waals surface area contributed by atoms with Crippen molar-refractivity contribution >= 4 is 11.9 Å². The molecule has 0 fully saturated rings. The van der Waals surface area contributed by atoms with E-state index in [0.29, 0.717) is 0 Å². The van der Waals surface area contributed by atoms with Crippen molar-refractivity contribution in [1.82, 2.24) is 10.3 Å². The number of pyridine rings is 1. The predicted molar refractivity (Wildman–Crippen MR) is 75.2 cm³/mol. The number of furan rings is 1. The molecule has 0 radical (unpaired) electrons. The Labute approximate surface area is 121 Å². The normalized spacial score (nSPS) is 11.9. The number of hydrogen-bond acceptors (Lipinski definition) is 4. The van der Waals surface area contributed by atoms with E-state index in [9.17, 15) is 9.59 Å². The zero-order chi connectivity index (χ0) is 15.2. The maximum absolute atomic E-state index is 12.0. The van der Waals surface area contributed by atoms with Crippen LogP contribution in [0.1, 0.15) is 40.1 Å². The maximum atomic E-state index is 12.0. The first-order valence-corrected chi connectivity index (χ1v) is 6.60. The standard InChI is InChI=1S/C15H16N2O4/c1-10(7-8-11-4-3-9-21-11)16-14(18)12-5-2-6-13(17-12)15(19)20/h2-6,9-10H,7-8H2,1H3,(H,16,18)(H,19,20). The Morgan fingerprint density at radius 1 is 1.29 bits per heavy atom. The summed E-state index contributed by atoms with van der Waals surface area (Å²) in [7, 11) is 0. The van der Waals surface area contributed by atoms with Gasteiger partial charge in [0.05, 0.1) is 6.26 Å². The van der Waals surface area contributed by atoms with Gasteiger partial charge in [-0.05, 0) is 37.6 Å². The van der Waals surface area contributed by atoms with Gasteiger partial charge in [-0.2, -0.15) is 0 Å². The van der Waals surface area contributed by atoms with Crippen LogP contribution >= 0.6 is 0 Å². The van der Waals surface area contributed by atoms with Gasteiger partial charge in [-0.25, -0.2) is 9.78 Å². The van der Waals surface area contributed by atoms with Crippen LogP contribution in [0.3, 0.4) is 0 Å². The lowest BCUT2D eigenvalue weighted by molar-refractivity contribution is 0.0690. The monoisotopic (exact) mass is 288 g/mol. The Bertz CT molecular complexity index is 622. The molecule has 6 nitrogen and oxygen atoms in total. The molecule has 21 heavy (non-hydrogen) atoms. The summed E-state index contributed by atoms with van der Waals surface area (Å²) in [5.74, 6) is -0.678. The van der Waals surface area contributed by atoms with Crippen LogP contribution in [0.2, 0.25) is 0 Å². The molecule has 0 saturated carbocycles. The lowest BCUT2D eigenvalue weighted by Gasteiger charge is -2.12. The Morgan fingerprint density at radius 3 is 2.71 bits per heavy atom. The highest BCUT2D eigenvalue weighted by Gasteiger charge is 2.13. The molecule has 110 valence electrons. The zero-order valence-corrected chi connectivity index (χ0v) is 11.6. The van der Waals surface area contributed by atoms with E-state index >= 15 is 0 Å². The molecule has 2 heterocycles. The van der Waals surface area contributed by atoms with E-state index in [1.165, 1.54) is 18.2 Å². The van der Waals surface area contributed by atoms with Gasteiger partial charge in [-0.15, -0.1) is 0 Å². The van der Waals surface area contributed by atoms with E-state index in [1.54, 1.807) is 6.26 Å². The van der Waals surface area contributed by atoms with Crippen molar-refractivity contribution in [1.29, 1.82) is 0 Å². The highest BCUT2D eigenvalue weighted by molar-refractivity contribution is 5.94. The van der Waals surface area contributed by atoms with Crippen molar-refractivity contribution < 1.29 is 19.1 Å². The van der Waals surface area contributed by atoms with Crippen LogP contribution < -0.4 is 5.32 Å². The molecule has 1 unspecified atom stereocenters. The topological polar surface area (TPSA) is 92.4 Å². The highest BCUT2D eigenvalue weighted by atomic mass is 16.4. The SMILES string of the molecule is CC(CCc1ccco1)NC(=O)c1cccc(C(=O)O)n1. The molecule has 1 atom stereocenters. The fourth-order valence-electron chi connectivity index (χ4n) is 1.86. The van der Waals surface area contributed by atoms with Gasteiger partial charge in [-0.3, -0.25) is 4.79 Å². The molecule has 0 saturated heterocycles. The number of rotatable bonds is 6. The molecule has 6 heteroatoms. The number of carbonyl (C=O) groups is 2.